The zero-order chi connectivity index (χ0) is 25.1. The third kappa shape index (κ3) is 8.45. The van der Waals surface area contributed by atoms with E-state index >= 15 is 0 Å². The summed E-state index contributed by atoms with van der Waals surface area (Å²) >= 11 is 6.31. The number of unbranched alkanes of at least 4 members (excludes halogenated alkanes) is 1. The van der Waals surface area contributed by atoms with E-state index in [4.69, 9.17) is 16.3 Å². The molecule has 1 aliphatic carbocycles. The minimum absolute atomic E-state index is 0.00328. The number of hydrogen-bond acceptors (Lipinski definition) is 4. The van der Waals surface area contributed by atoms with Crippen molar-refractivity contribution in [3.05, 3.63) is 34.9 Å². The summed E-state index contributed by atoms with van der Waals surface area (Å²) < 4.78 is 5.22. The second-order valence-electron chi connectivity index (χ2n) is 10.8. The van der Waals surface area contributed by atoms with Crippen molar-refractivity contribution in [1.29, 1.82) is 0 Å². The monoisotopic (exact) mass is 506 g/mol. The molecule has 0 spiro atoms. The fourth-order valence-corrected chi connectivity index (χ4v) is 6.43. The third-order valence-corrected chi connectivity index (χ3v) is 8.62. The highest BCUT2D eigenvalue weighted by molar-refractivity contribution is 6.30. The molecule has 1 amide bonds. The SMILES string of the molecule is CN[C@H](CCC(=O)N1CCC[C@@H]([C@@](O)(CCCCOC)c2cccc(Cl)c2)C1)CC1CCCCC1. The molecule has 1 aromatic carbocycles. The number of carbonyl (C=O) groups is 1. The Morgan fingerprint density at radius 2 is 2.03 bits per heavy atom. The molecule has 0 bridgehead atoms. The summed E-state index contributed by atoms with van der Waals surface area (Å²) in [7, 11) is 3.74. The molecule has 5 nitrogen and oxygen atoms in total. The Kier molecular flexibility index (Phi) is 11.8. The summed E-state index contributed by atoms with van der Waals surface area (Å²) in [5.41, 5.74) is -0.129. The molecule has 2 fully saturated rings. The third-order valence-electron chi connectivity index (χ3n) is 8.39. The lowest BCUT2D eigenvalue weighted by Crippen LogP contribution is -2.48. The average Bonchev–Trinajstić information content (AvgIpc) is 2.89. The number of methoxy groups -OCH3 is 1. The Morgan fingerprint density at radius 1 is 1.23 bits per heavy atom. The Hall–Kier alpha value is -1.14. The summed E-state index contributed by atoms with van der Waals surface area (Å²) in [4.78, 5) is 15.3. The number of hydrogen-bond donors (Lipinski definition) is 2. The number of amides is 1. The second kappa shape index (κ2) is 14.6. The number of rotatable bonds is 13. The molecule has 35 heavy (non-hydrogen) atoms. The first-order valence-electron chi connectivity index (χ1n) is 13.9. The largest absolute Gasteiger partial charge is 0.385 e. The summed E-state index contributed by atoms with van der Waals surface area (Å²) in [6, 6.07) is 8.03. The van der Waals surface area contributed by atoms with Gasteiger partial charge in [0.25, 0.3) is 0 Å². The molecule has 0 radical (unpaired) electrons. The first-order valence-corrected chi connectivity index (χ1v) is 14.3. The number of ether oxygens (including phenoxy) is 1. The van der Waals surface area contributed by atoms with E-state index in [1.807, 2.05) is 36.2 Å². The number of likely N-dealkylation sites (tertiary alicyclic amines) is 1. The fraction of sp³-hybridized carbons (Fsp3) is 0.759. The number of carbonyl (C=O) groups excluding carboxylic acids is 1. The van der Waals surface area contributed by atoms with Crippen molar-refractivity contribution in [2.24, 2.45) is 11.8 Å². The van der Waals surface area contributed by atoms with E-state index in [0.29, 0.717) is 37.1 Å². The first kappa shape index (κ1) is 28.4. The number of nitrogens with one attached hydrogen (secondary N) is 1. The van der Waals surface area contributed by atoms with Crippen molar-refractivity contribution in [3.63, 3.8) is 0 Å². The molecule has 198 valence electrons. The van der Waals surface area contributed by atoms with Crippen LogP contribution in [0, 0.1) is 11.8 Å². The van der Waals surface area contributed by atoms with Crippen LogP contribution in [-0.4, -0.2) is 55.8 Å². The van der Waals surface area contributed by atoms with E-state index in [1.165, 1.54) is 38.5 Å². The number of piperidine rings is 1. The summed E-state index contributed by atoms with van der Waals surface area (Å²) in [5.74, 6) is 1.04. The van der Waals surface area contributed by atoms with Crippen molar-refractivity contribution in [2.45, 2.75) is 95.1 Å². The van der Waals surface area contributed by atoms with Crippen LogP contribution in [0.5, 0.6) is 0 Å². The topological polar surface area (TPSA) is 61.8 Å². The van der Waals surface area contributed by atoms with Crippen LogP contribution in [-0.2, 0) is 15.1 Å². The van der Waals surface area contributed by atoms with Gasteiger partial charge in [-0.25, -0.2) is 0 Å². The Morgan fingerprint density at radius 3 is 2.74 bits per heavy atom. The van der Waals surface area contributed by atoms with Gasteiger partial charge in [0.05, 0.1) is 5.60 Å². The van der Waals surface area contributed by atoms with Crippen LogP contribution in [0.15, 0.2) is 24.3 Å². The smallest absolute Gasteiger partial charge is 0.222 e. The van der Waals surface area contributed by atoms with Gasteiger partial charge in [0, 0.05) is 50.2 Å². The predicted molar refractivity (Wildman–Crippen MR) is 144 cm³/mol. The quantitative estimate of drug-likeness (QED) is 0.326. The van der Waals surface area contributed by atoms with E-state index in [0.717, 1.165) is 50.1 Å². The molecule has 1 heterocycles. The van der Waals surface area contributed by atoms with Gasteiger partial charge in [-0.05, 0) is 75.6 Å². The van der Waals surface area contributed by atoms with Gasteiger partial charge in [-0.1, -0.05) is 55.8 Å². The highest BCUT2D eigenvalue weighted by Crippen LogP contribution is 2.40. The minimum Gasteiger partial charge on any atom is -0.385 e. The van der Waals surface area contributed by atoms with Gasteiger partial charge in [0.2, 0.25) is 5.91 Å². The first-order chi connectivity index (χ1) is 17.0. The Bertz CT molecular complexity index is 770. The van der Waals surface area contributed by atoms with Crippen molar-refractivity contribution in [3.8, 4) is 0 Å². The number of halogens is 1. The number of benzene rings is 1. The zero-order valence-corrected chi connectivity index (χ0v) is 22.7. The summed E-state index contributed by atoms with van der Waals surface area (Å²) in [5, 5.41) is 16.1. The van der Waals surface area contributed by atoms with Gasteiger partial charge >= 0.3 is 0 Å². The van der Waals surface area contributed by atoms with E-state index in [1.54, 1.807) is 7.11 Å². The lowest BCUT2D eigenvalue weighted by Gasteiger charge is -2.43. The van der Waals surface area contributed by atoms with Gasteiger partial charge in [0.15, 0.2) is 0 Å². The van der Waals surface area contributed by atoms with E-state index in [9.17, 15) is 9.90 Å². The van der Waals surface area contributed by atoms with Crippen LogP contribution in [0.1, 0.15) is 89.0 Å². The van der Waals surface area contributed by atoms with Crippen LogP contribution in [0.2, 0.25) is 5.02 Å². The molecule has 3 rings (SSSR count). The minimum atomic E-state index is -0.994. The van der Waals surface area contributed by atoms with Crippen LogP contribution in [0.25, 0.3) is 0 Å². The zero-order valence-electron chi connectivity index (χ0n) is 21.9. The maximum absolute atomic E-state index is 13.3. The van der Waals surface area contributed by atoms with Gasteiger partial charge in [-0.3, -0.25) is 4.79 Å². The van der Waals surface area contributed by atoms with Crippen LogP contribution in [0.3, 0.4) is 0 Å². The molecule has 0 unspecified atom stereocenters. The molecule has 0 aromatic heterocycles. The van der Waals surface area contributed by atoms with Gasteiger partial charge in [-0.2, -0.15) is 0 Å². The van der Waals surface area contributed by atoms with Crippen molar-refractivity contribution < 1.29 is 14.6 Å². The van der Waals surface area contributed by atoms with Crippen LogP contribution < -0.4 is 5.32 Å². The molecule has 6 heteroatoms. The molecule has 3 atom stereocenters. The predicted octanol–water partition coefficient (Wildman–Crippen LogP) is 5.92. The molecule has 2 aliphatic rings. The van der Waals surface area contributed by atoms with Crippen molar-refractivity contribution >= 4 is 17.5 Å². The maximum Gasteiger partial charge on any atom is 0.222 e. The van der Waals surface area contributed by atoms with Gasteiger partial charge < -0.3 is 20.1 Å². The molecule has 1 saturated heterocycles. The van der Waals surface area contributed by atoms with E-state index in [-0.39, 0.29) is 11.8 Å². The highest BCUT2D eigenvalue weighted by Gasteiger charge is 2.41. The number of aliphatic hydroxyl groups is 1. The second-order valence-corrected chi connectivity index (χ2v) is 11.3. The molecule has 1 aromatic rings. The molecule has 1 saturated carbocycles. The fourth-order valence-electron chi connectivity index (χ4n) is 6.24. The van der Waals surface area contributed by atoms with Crippen molar-refractivity contribution in [2.75, 3.05) is 33.9 Å². The molecular weight excluding hydrogens is 460 g/mol. The molecule has 2 N–H and O–H groups in total. The Balaban J connectivity index is 1.61. The van der Waals surface area contributed by atoms with E-state index < -0.39 is 5.60 Å². The summed E-state index contributed by atoms with van der Waals surface area (Å²) in [6.07, 6.45) is 13.7. The van der Waals surface area contributed by atoms with Gasteiger partial charge in [0.1, 0.15) is 0 Å². The standard InChI is InChI=1S/C29H47ClN2O3/c1-31-27(20-23-10-4-3-5-11-23)15-16-28(33)32-18-9-13-25(22-32)29(34,17-6-7-19-35-2)24-12-8-14-26(30)21-24/h8,12,14,21,23,25,27,31,34H,3-7,9-11,13,15-20,22H2,1-2H3/t25-,27-,29-/m1/s1. The van der Waals surface area contributed by atoms with E-state index in [2.05, 4.69) is 5.32 Å². The highest BCUT2D eigenvalue weighted by atomic mass is 35.5. The summed E-state index contributed by atoms with van der Waals surface area (Å²) in [6.45, 7) is 2.09. The van der Waals surface area contributed by atoms with Crippen molar-refractivity contribution in [1.82, 2.24) is 10.2 Å². The van der Waals surface area contributed by atoms with Crippen LogP contribution in [0.4, 0.5) is 0 Å². The maximum atomic E-state index is 13.3. The normalized spacial score (nSPS) is 22.1. The van der Waals surface area contributed by atoms with Gasteiger partial charge in [-0.15, -0.1) is 0 Å². The molecule has 1 aliphatic heterocycles. The Labute approximate surface area is 217 Å². The lowest BCUT2D eigenvalue weighted by molar-refractivity contribution is -0.137. The lowest BCUT2D eigenvalue weighted by atomic mass is 9.74. The molecular formula is C29H47ClN2O3. The van der Waals surface area contributed by atoms with Crippen LogP contribution >= 0.6 is 11.6 Å². The average molecular weight is 507 g/mol. The number of nitrogens with zero attached hydrogens (tertiary/aromatic N) is 1.